The maximum Gasteiger partial charge on any atom is 0.262 e. The molecule has 2 aliphatic heterocycles. The maximum absolute atomic E-state index is 15.3. The molecule has 6 nitrogen and oxygen atoms in total. The molecular weight excluding hydrogens is 949 g/mol. The lowest BCUT2D eigenvalue weighted by molar-refractivity contribution is 0.0560. The van der Waals surface area contributed by atoms with Crippen molar-refractivity contribution < 1.29 is 19.2 Å². The molecule has 0 spiro atoms. The number of carbonyl (C=O) groups is 4. The van der Waals surface area contributed by atoms with Crippen LogP contribution in [0.3, 0.4) is 0 Å². The van der Waals surface area contributed by atoms with Crippen LogP contribution in [0, 0.1) is 11.8 Å². The molecule has 8 heteroatoms. The summed E-state index contributed by atoms with van der Waals surface area (Å²) in [5.74, 6) is -0.552. The second-order valence-electron chi connectivity index (χ2n) is 23.2. The number of nitrogens with zero attached hydrogens (tertiary/aromatic N) is 2. The number of imide groups is 2. The molecule has 2 unspecified atom stereocenters. The number of benzene rings is 2. The summed E-state index contributed by atoms with van der Waals surface area (Å²) in [4.78, 5) is 64.2. The SMILES string of the molecule is CCCCCCCCCCCCC(CCCCCCCCCC)CN1C(=O)c2c3ccsc3c3c4c(c5ccsc5c(c24)C1=O)C(=O)N(CC(CCCCCCCCCC)CCCCCCCCCCCC)C3=O. The van der Waals surface area contributed by atoms with E-state index in [0.717, 1.165) is 71.5 Å². The molecule has 0 bridgehead atoms. The van der Waals surface area contributed by atoms with Gasteiger partial charge in [-0.3, -0.25) is 29.0 Å². The summed E-state index contributed by atoms with van der Waals surface area (Å²) in [7, 11) is 0. The van der Waals surface area contributed by atoms with E-state index in [0.29, 0.717) is 46.1 Å². The van der Waals surface area contributed by atoms with E-state index in [2.05, 4.69) is 27.7 Å². The number of thiophene rings is 2. The van der Waals surface area contributed by atoms with Crippen LogP contribution < -0.4 is 0 Å². The highest BCUT2D eigenvalue weighted by Gasteiger charge is 2.45. The standard InChI is InChI=1S/C66H102N2O4S2/c1-5-9-13-17-21-25-27-31-35-39-43-51(41-37-33-29-23-19-15-11-7-3)49-67-63(69)55-53-45-47-74-62(53)60-58-56(54-46-48-73-61(54)59(57(55)58)65(67)71)64(70)68(66(60)72)50-52(42-38-34-30-24-20-16-12-8-4)44-40-36-32-28-26-22-18-14-10-6-2/h45-48,51-52H,5-44,49-50H2,1-4H3. The van der Waals surface area contributed by atoms with Gasteiger partial charge in [0.25, 0.3) is 23.6 Å². The Kier molecular flexibility index (Phi) is 27.6. The lowest BCUT2D eigenvalue weighted by Gasteiger charge is -2.35. The number of carbonyl (C=O) groups excluding carboxylic acids is 4. The van der Waals surface area contributed by atoms with Crippen molar-refractivity contribution >= 4 is 77.2 Å². The van der Waals surface area contributed by atoms with Crippen LogP contribution in [0.2, 0.25) is 0 Å². The Morgan fingerprint density at radius 1 is 0.324 bits per heavy atom. The fraction of sp³-hybridized carbons (Fsp3) is 0.727. The van der Waals surface area contributed by atoms with Crippen molar-refractivity contribution in [2.24, 2.45) is 11.8 Å². The Labute approximate surface area is 458 Å². The van der Waals surface area contributed by atoms with Crippen LogP contribution in [0.1, 0.15) is 326 Å². The van der Waals surface area contributed by atoms with Gasteiger partial charge in [0.2, 0.25) is 0 Å². The molecule has 2 aliphatic rings. The first-order chi connectivity index (χ1) is 36.4. The third-order valence-corrected chi connectivity index (χ3v) is 19.0. The molecule has 4 aromatic rings. The molecule has 0 fully saturated rings. The largest absolute Gasteiger partial charge is 0.274 e. The van der Waals surface area contributed by atoms with Gasteiger partial charge in [-0.1, -0.05) is 259 Å². The molecule has 0 aliphatic carbocycles. The Balaban J connectivity index is 1.22. The fourth-order valence-corrected chi connectivity index (χ4v) is 14.6. The summed E-state index contributed by atoms with van der Waals surface area (Å²) in [5.41, 5.74) is 2.06. The number of fused-ring (bicyclic) bond motifs is 6. The summed E-state index contributed by atoms with van der Waals surface area (Å²) in [6.07, 6.45) is 49.9. The van der Waals surface area contributed by atoms with E-state index >= 15 is 19.2 Å². The minimum Gasteiger partial charge on any atom is -0.274 e. The lowest BCUT2D eigenvalue weighted by Crippen LogP contribution is -2.46. The van der Waals surface area contributed by atoms with Gasteiger partial charge in [-0.15, -0.1) is 22.7 Å². The molecule has 0 radical (unpaired) electrons. The van der Waals surface area contributed by atoms with E-state index in [1.807, 2.05) is 22.9 Å². The van der Waals surface area contributed by atoms with Crippen molar-refractivity contribution in [1.29, 1.82) is 0 Å². The monoisotopic (exact) mass is 1050 g/mol. The first kappa shape index (κ1) is 60.1. The van der Waals surface area contributed by atoms with Crippen molar-refractivity contribution in [2.75, 3.05) is 13.1 Å². The van der Waals surface area contributed by atoms with Gasteiger partial charge in [0, 0.05) is 44.0 Å². The molecule has 2 atom stereocenters. The van der Waals surface area contributed by atoms with Crippen LogP contribution >= 0.6 is 22.7 Å². The average molecular weight is 1050 g/mol. The van der Waals surface area contributed by atoms with Crippen LogP contribution in [0.25, 0.3) is 30.9 Å². The van der Waals surface area contributed by atoms with Gasteiger partial charge in [0.05, 0.1) is 22.3 Å². The summed E-state index contributed by atoms with van der Waals surface area (Å²) in [6, 6.07) is 3.98. The molecule has 6 rings (SSSR count). The first-order valence-corrected chi connectivity index (χ1v) is 33.3. The topological polar surface area (TPSA) is 74.8 Å². The van der Waals surface area contributed by atoms with Gasteiger partial charge in [0.15, 0.2) is 0 Å². The second-order valence-corrected chi connectivity index (χ2v) is 25.1. The van der Waals surface area contributed by atoms with E-state index in [-0.39, 0.29) is 35.5 Å². The highest BCUT2D eigenvalue weighted by Crippen LogP contribution is 2.49. The highest BCUT2D eigenvalue weighted by molar-refractivity contribution is 7.18. The van der Waals surface area contributed by atoms with Crippen LogP contribution in [0.5, 0.6) is 0 Å². The normalized spacial score (nSPS) is 14.5. The van der Waals surface area contributed by atoms with E-state index in [4.69, 9.17) is 0 Å². The zero-order valence-electron chi connectivity index (χ0n) is 47.5. The molecule has 4 amide bonds. The number of amides is 4. The van der Waals surface area contributed by atoms with Crippen molar-refractivity contribution in [3.05, 3.63) is 45.1 Å². The smallest absolute Gasteiger partial charge is 0.262 e. The Morgan fingerprint density at radius 3 is 0.811 bits per heavy atom. The summed E-state index contributed by atoms with van der Waals surface area (Å²) in [5, 5.41) is 6.57. The van der Waals surface area contributed by atoms with Crippen molar-refractivity contribution in [2.45, 2.75) is 285 Å². The van der Waals surface area contributed by atoms with Crippen LogP contribution in [-0.4, -0.2) is 46.5 Å². The van der Waals surface area contributed by atoms with Gasteiger partial charge in [0.1, 0.15) is 0 Å². The third-order valence-electron chi connectivity index (χ3n) is 17.2. The zero-order chi connectivity index (χ0) is 52.3. The van der Waals surface area contributed by atoms with Gasteiger partial charge in [-0.25, -0.2) is 0 Å². The van der Waals surface area contributed by atoms with Gasteiger partial charge in [-0.2, -0.15) is 0 Å². The molecule has 74 heavy (non-hydrogen) atoms. The summed E-state index contributed by atoms with van der Waals surface area (Å²) in [6.45, 7) is 9.93. The van der Waals surface area contributed by atoms with Crippen LogP contribution in [0.15, 0.2) is 22.9 Å². The number of hydrogen-bond donors (Lipinski definition) is 0. The van der Waals surface area contributed by atoms with E-state index in [9.17, 15) is 0 Å². The molecule has 0 N–H and O–H groups in total. The van der Waals surface area contributed by atoms with E-state index in [1.54, 1.807) is 9.80 Å². The van der Waals surface area contributed by atoms with Gasteiger partial charge >= 0.3 is 0 Å². The average Bonchev–Trinajstić information content (AvgIpc) is 4.10. The molecule has 4 heterocycles. The minimum absolute atomic E-state index is 0.235. The molecular formula is C66H102N2O4S2. The number of unbranched alkanes of at least 4 members (excludes halogenated alkanes) is 32. The van der Waals surface area contributed by atoms with Crippen LogP contribution in [0.4, 0.5) is 0 Å². The quantitative estimate of drug-likeness (QED) is 0.0327. The lowest BCUT2D eigenvalue weighted by atomic mass is 9.82. The van der Waals surface area contributed by atoms with Crippen molar-refractivity contribution in [1.82, 2.24) is 9.80 Å². The minimum atomic E-state index is -0.257. The van der Waals surface area contributed by atoms with Crippen LogP contribution in [-0.2, 0) is 0 Å². The predicted octanol–water partition coefficient (Wildman–Crippen LogP) is 21.4. The van der Waals surface area contributed by atoms with Crippen molar-refractivity contribution in [3.63, 3.8) is 0 Å². The third kappa shape index (κ3) is 16.9. The fourth-order valence-electron chi connectivity index (χ4n) is 12.7. The molecule has 0 saturated carbocycles. The van der Waals surface area contributed by atoms with E-state index < -0.39 is 0 Å². The summed E-state index contributed by atoms with van der Waals surface area (Å²) >= 11 is 2.99. The number of hydrogen-bond acceptors (Lipinski definition) is 6. The molecule has 412 valence electrons. The van der Waals surface area contributed by atoms with Crippen molar-refractivity contribution in [3.8, 4) is 0 Å². The first-order valence-electron chi connectivity index (χ1n) is 31.5. The molecule has 2 aromatic heterocycles. The Morgan fingerprint density at radius 2 is 0.554 bits per heavy atom. The molecule has 0 saturated heterocycles. The molecule has 2 aromatic carbocycles. The summed E-state index contributed by atoms with van der Waals surface area (Å²) < 4.78 is 1.55. The maximum atomic E-state index is 15.3. The highest BCUT2D eigenvalue weighted by atomic mass is 32.1. The van der Waals surface area contributed by atoms with Gasteiger partial charge in [-0.05, 0) is 60.4 Å². The zero-order valence-corrected chi connectivity index (χ0v) is 49.1. The van der Waals surface area contributed by atoms with Gasteiger partial charge < -0.3 is 0 Å². The predicted molar refractivity (Wildman–Crippen MR) is 320 cm³/mol. The Hall–Kier alpha value is -3.10. The van der Waals surface area contributed by atoms with E-state index in [1.165, 1.54) is 228 Å². The second kappa shape index (κ2) is 33.9. The number of rotatable bonds is 44. The Bertz CT molecular complexity index is 2050.